The molecule has 0 amide bonds. The molecule has 1 atom stereocenters. The first-order valence-corrected chi connectivity index (χ1v) is 3.43. The number of nitrogens with one attached hydrogen (secondary N) is 1. The monoisotopic (exact) mass is 155 g/mol. The summed E-state index contributed by atoms with van der Waals surface area (Å²) in [6.07, 6.45) is 3.40. The second kappa shape index (κ2) is 6.61. The van der Waals surface area contributed by atoms with Crippen molar-refractivity contribution < 1.29 is 0 Å². The molecule has 55 valence electrons. The summed E-state index contributed by atoms with van der Waals surface area (Å²) in [5.41, 5.74) is 6.73. The van der Waals surface area contributed by atoms with E-state index in [4.69, 9.17) is 0 Å². The molecule has 2 nitrogen and oxygen atoms in total. The van der Waals surface area contributed by atoms with Gasteiger partial charge >= 0.3 is 0 Å². The molecule has 10 heavy (non-hydrogen) atoms. The maximum absolute atomic E-state index is 4.67. The van der Waals surface area contributed by atoms with Gasteiger partial charge in [0.2, 0.25) is 0 Å². The Labute approximate surface area is 67.0 Å². The quantitative estimate of drug-likeness (QED) is 0.266. The Morgan fingerprint density at radius 1 is 1.60 bits per heavy atom. The highest BCUT2D eigenvalue weighted by Gasteiger charge is 1.95. The lowest BCUT2D eigenvalue weighted by molar-refractivity contribution is 0.563. The fourth-order valence-electron chi connectivity index (χ4n) is 0.361. The average Bonchev–Trinajstić information content (AvgIpc) is 1.99. The number of rotatable bonds is 6. The topological polar surface area (TPSA) is 26.1 Å². The van der Waals surface area contributed by atoms with E-state index in [1.807, 2.05) is 0 Å². The van der Waals surface area contributed by atoms with E-state index >= 15 is 0 Å². The minimum absolute atomic E-state index is 0.0741. The summed E-state index contributed by atoms with van der Waals surface area (Å²) in [5, 5.41) is 1.54. The fraction of sp³-hybridized carbons (Fsp3) is 0.286. The number of thiocarbonyl (C=S) groups is 1. The predicted molar refractivity (Wildman–Crippen MR) is 48.0 cm³/mol. The van der Waals surface area contributed by atoms with Gasteiger partial charge in [0, 0.05) is 11.9 Å². The Hall–Kier alpha value is -0.510. The fourth-order valence-corrected chi connectivity index (χ4v) is 0.533. The first kappa shape index (κ1) is 9.49. The van der Waals surface area contributed by atoms with Crippen molar-refractivity contribution in [3.05, 3.63) is 25.3 Å². The first-order valence-electron chi connectivity index (χ1n) is 2.96. The second-order valence-corrected chi connectivity index (χ2v) is 1.91. The van der Waals surface area contributed by atoms with Crippen molar-refractivity contribution in [1.82, 2.24) is 10.9 Å². The van der Waals surface area contributed by atoms with Gasteiger partial charge in [0.05, 0.1) is 6.04 Å². The van der Waals surface area contributed by atoms with E-state index in [9.17, 15) is 0 Å². The summed E-state index contributed by atoms with van der Waals surface area (Å²) in [5.74, 6) is 0. The Morgan fingerprint density at radius 2 is 2.30 bits per heavy atom. The summed E-state index contributed by atoms with van der Waals surface area (Å²) in [7, 11) is 0. The molecule has 0 bridgehead atoms. The largest absolute Gasteiger partial charge is 0.235 e. The normalized spacial score (nSPS) is 12.0. The lowest BCUT2D eigenvalue weighted by Crippen LogP contribution is -2.33. The van der Waals surface area contributed by atoms with Crippen LogP contribution in [-0.4, -0.2) is 18.0 Å². The molecule has 0 aromatic carbocycles. The summed E-state index contributed by atoms with van der Waals surface area (Å²) >= 11 is 4.67. The maximum atomic E-state index is 4.67. The Morgan fingerprint density at radius 3 is 2.70 bits per heavy atom. The first-order chi connectivity index (χ1) is 4.85. The number of hydrogen-bond acceptors (Lipinski definition) is 2. The summed E-state index contributed by atoms with van der Waals surface area (Å²) in [6.45, 7) is 7.74. The van der Waals surface area contributed by atoms with Crippen LogP contribution in [0.1, 0.15) is 0 Å². The molecule has 0 aromatic rings. The van der Waals surface area contributed by atoms with Gasteiger partial charge < -0.3 is 0 Å². The van der Waals surface area contributed by atoms with Crippen LogP contribution in [0.2, 0.25) is 0 Å². The van der Waals surface area contributed by atoms with E-state index in [0.29, 0.717) is 6.54 Å². The van der Waals surface area contributed by atoms with E-state index in [-0.39, 0.29) is 6.04 Å². The molecule has 0 aliphatic carbocycles. The zero-order valence-electron chi connectivity index (χ0n) is 5.79. The third kappa shape index (κ3) is 4.38. The van der Waals surface area contributed by atoms with Crippen LogP contribution in [0.25, 0.3) is 0 Å². The Kier molecular flexibility index (Phi) is 6.27. The third-order valence-corrected chi connectivity index (χ3v) is 1.14. The van der Waals surface area contributed by atoms with Crippen molar-refractivity contribution in [2.75, 3.05) is 6.54 Å². The highest BCUT2D eigenvalue weighted by Crippen LogP contribution is 1.78. The highest BCUT2D eigenvalue weighted by molar-refractivity contribution is 7.79. The van der Waals surface area contributed by atoms with Crippen LogP contribution in [0.5, 0.6) is 0 Å². The Bertz CT molecular complexity index is 115. The van der Waals surface area contributed by atoms with E-state index in [0.717, 1.165) is 0 Å². The highest BCUT2D eigenvalue weighted by atomic mass is 32.1. The van der Waals surface area contributed by atoms with Gasteiger partial charge in [0.25, 0.3) is 0 Å². The summed E-state index contributed by atoms with van der Waals surface area (Å²) in [4.78, 5) is 0. The molecule has 0 fully saturated rings. The molecular formula is C7H11N2S. The van der Waals surface area contributed by atoms with Gasteiger partial charge in [-0.3, -0.25) is 0 Å². The Balaban J connectivity index is 3.34. The van der Waals surface area contributed by atoms with Gasteiger partial charge in [-0.05, 0) is 0 Å². The SMILES string of the molecule is C=CCN[N]C(C=C)C=S. The molecule has 0 aliphatic heterocycles. The molecule has 0 aromatic heterocycles. The van der Waals surface area contributed by atoms with Crippen molar-refractivity contribution in [2.45, 2.75) is 6.04 Å². The predicted octanol–water partition coefficient (Wildman–Crippen LogP) is 0.836. The molecule has 1 radical (unpaired) electrons. The standard InChI is InChI=1S/C7H11N2S/c1-3-5-8-9-7(4-2)6-10/h3-4,6-8H,1-2,5H2. The second-order valence-electron chi connectivity index (χ2n) is 1.64. The van der Waals surface area contributed by atoms with E-state index in [1.165, 1.54) is 0 Å². The van der Waals surface area contributed by atoms with E-state index < -0.39 is 0 Å². The number of hydrogen-bond donors (Lipinski definition) is 1. The van der Waals surface area contributed by atoms with Gasteiger partial charge in [-0.1, -0.05) is 24.4 Å². The van der Waals surface area contributed by atoms with Crippen LogP contribution in [0, 0.1) is 0 Å². The van der Waals surface area contributed by atoms with Crippen molar-refractivity contribution in [3.8, 4) is 0 Å². The minimum Gasteiger partial charge on any atom is -0.235 e. The van der Waals surface area contributed by atoms with Crippen LogP contribution < -0.4 is 10.9 Å². The molecule has 0 aliphatic rings. The zero-order chi connectivity index (χ0) is 7.82. The van der Waals surface area contributed by atoms with Crippen molar-refractivity contribution >= 4 is 17.6 Å². The van der Waals surface area contributed by atoms with Gasteiger partial charge in [0.15, 0.2) is 0 Å². The van der Waals surface area contributed by atoms with Gasteiger partial charge in [-0.2, -0.15) is 5.43 Å². The molecule has 1 unspecified atom stereocenters. The van der Waals surface area contributed by atoms with Crippen molar-refractivity contribution in [1.29, 1.82) is 0 Å². The smallest absolute Gasteiger partial charge is 0.0876 e. The summed E-state index contributed by atoms with van der Waals surface area (Å²) in [6, 6.07) is -0.0741. The van der Waals surface area contributed by atoms with Crippen LogP contribution >= 0.6 is 12.2 Å². The molecule has 0 saturated carbocycles. The van der Waals surface area contributed by atoms with Gasteiger partial charge in [-0.15, -0.1) is 13.2 Å². The third-order valence-electron chi connectivity index (χ3n) is 0.857. The molecule has 0 spiro atoms. The number of nitrogens with zero attached hydrogens (tertiary/aromatic N) is 1. The van der Waals surface area contributed by atoms with Crippen LogP contribution in [0.3, 0.4) is 0 Å². The van der Waals surface area contributed by atoms with Gasteiger partial charge in [-0.25, -0.2) is 5.43 Å². The lowest BCUT2D eigenvalue weighted by atomic mass is 10.4. The van der Waals surface area contributed by atoms with E-state index in [2.05, 4.69) is 36.2 Å². The van der Waals surface area contributed by atoms with E-state index in [1.54, 1.807) is 17.5 Å². The molecule has 0 heterocycles. The van der Waals surface area contributed by atoms with Crippen LogP contribution in [-0.2, 0) is 0 Å². The molecule has 3 heteroatoms. The maximum Gasteiger partial charge on any atom is 0.0876 e. The van der Waals surface area contributed by atoms with Crippen molar-refractivity contribution in [2.24, 2.45) is 0 Å². The molecule has 0 saturated heterocycles. The molecule has 0 rings (SSSR count). The molecule has 1 N–H and O–H groups in total. The average molecular weight is 155 g/mol. The minimum atomic E-state index is -0.0741. The van der Waals surface area contributed by atoms with Gasteiger partial charge in [0.1, 0.15) is 0 Å². The molecular weight excluding hydrogens is 144 g/mol. The lowest BCUT2D eigenvalue weighted by Gasteiger charge is -2.04. The van der Waals surface area contributed by atoms with Crippen molar-refractivity contribution in [3.63, 3.8) is 0 Å². The zero-order valence-corrected chi connectivity index (χ0v) is 6.60. The van der Waals surface area contributed by atoms with Crippen LogP contribution in [0.4, 0.5) is 0 Å². The summed E-state index contributed by atoms with van der Waals surface area (Å²) < 4.78 is 0. The van der Waals surface area contributed by atoms with Crippen LogP contribution in [0.15, 0.2) is 25.3 Å².